The Morgan fingerprint density at radius 3 is 2.45 bits per heavy atom. The number of alkyl halides is 2. The Kier molecular flexibility index (Phi) is 1.83. The molecule has 1 saturated heterocycles. The molecule has 0 aliphatic carbocycles. The van der Waals surface area contributed by atoms with Gasteiger partial charge in [0.1, 0.15) is 0 Å². The molecule has 1 aliphatic heterocycles. The Bertz CT molecular complexity index is 183. The van der Waals surface area contributed by atoms with Gasteiger partial charge >= 0.3 is 5.92 Å². The fraction of sp³-hybridized carbons (Fsp3) is 0.833. The number of nitrogens with one attached hydrogen (secondary N) is 1. The highest BCUT2D eigenvalue weighted by atomic mass is 19.3. The van der Waals surface area contributed by atoms with Crippen molar-refractivity contribution in [3.8, 4) is 0 Å². The van der Waals surface area contributed by atoms with E-state index in [1.807, 2.05) is 5.32 Å². The van der Waals surface area contributed by atoms with Gasteiger partial charge in [0, 0.05) is 0 Å². The summed E-state index contributed by atoms with van der Waals surface area (Å²) in [6, 6.07) is -0.808. The molecule has 0 aromatic heterocycles. The summed E-state index contributed by atoms with van der Waals surface area (Å²) in [6.45, 7) is 0.793. The lowest BCUT2D eigenvalue weighted by atomic mass is 10.0. The van der Waals surface area contributed by atoms with Gasteiger partial charge in [-0.25, -0.2) is 0 Å². The maximum atomic E-state index is 12.6. The first-order valence-corrected chi connectivity index (χ1v) is 3.29. The zero-order valence-electron chi connectivity index (χ0n) is 5.97. The Labute approximate surface area is 62.4 Å². The minimum absolute atomic E-state index is 0.442. The lowest BCUT2D eigenvalue weighted by Gasteiger charge is -2.14. The van der Waals surface area contributed by atoms with Crippen molar-refractivity contribution < 1.29 is 18.7 Å². The second-order valence-electron chi connectivity index (χ2n) is 2.67. The Morgan fingerprint density at radius 1 is 1.73 bits per heavy atom. The third kappa shape index (κ3) is 1.09. The summed E-state index contributed by atoms with van der Waals surface area (Å²) >= 11 is 0. The Morgan fingerprint density at radius 2 is 2.27 bits per heavy atom. The minimum Gasteiger partial charge on any atom is -0.394 e. The highest BCUT2D eigenvalue weighted by Crippen LogP contribution is 2.32. The predicted molar refractivity (Wildman–Crippen MR) is 33.1 cm³/mol. The average molecular weight is 165 g/mol. The number of aliphatic hydroxyl groups excluding tert-OH is 1. The standard InChI is InChI=1S/C6H9F2NO2/c1-3-4(2-10)9-5(11)6(3,7)8/h3-4,10H,2H2,1H3,(H,9,11)/t3?,4-/m1/s1. The lowest BCUT2D eigenvalue weighted by Crippen LogP contribution is -2.31. The molecule has 0 aromatic rings. The van der Waals surface area contributed by atoms with Gasteiger partial charge in [-0.1, -0.05) is 6.92 Å². The minimum atomic E-state index is -3.33. The van der Waals surface area contributed by atoms with Crippen molar-refractivity contribution in [3.63, 3.8) is 0 Å². The largest absolute Gasteiger partial charge is 0.394 e. The van der Waals surface area contributed by atoms with E-state index in [2.05, 4.69) is 0 Å². The van der Waals surface area contributed by atoms with Gasteiger partial charge in [0.05, 0.1) is 18.6 Å². The van der Waals surface area contributed by atoms with Crippen LogP contribution in [-0.4, -0.2) is 29.6 Å². The van der Waals surface area contributed by atoms with Crippen LogP contribution in [0.1, 0.15) is 6.92 Å². The van der Waals surface area contributed by atoms with Crippen molar-refractivity contribution in [2.45, 2.75) is 18.9 Å². The van der Waals surface area contributed by atoms with Crippen LogP contribution in [-0.2, 0) is 4.79 Å². The molecular formula is C6H9F2NO2. The number of carbonyl (C=O) groups excluding carboxylic acids is 1. The third-order valence-electron chi connectivity index (χ3n) is 1.99. The average Bonchev–Trinajstić information content (AvgIpc) is 2.14. The molecule has 0 spiro atoms. The van der Waals surface area contributed by atoms with Crippen molar-refractivity contribution in [2.24, 2.45) is 5.92 Å². The molecule has 11 heavy (non-hydrogen) atoms. The van der Waals surface area contributed by atoms with Gasteiger partial charge in [-0.15, -0.1) is 0 Å². The van der Waals surface area contributed by atoms with Crippen molar-refractivity contribution in [1.29, 1.82) is 0 Å². The van der Waals surface area contributed by atoms with Crippen molar-refractivity contribution in [1.82, 2.24) is 5.32 Å². The molecule has 3 nitrogen and oxygen atoms in total. The van der Waals surface area contributed by atoms with Crippen LogP contribution >= 0.6 is 0 Å². The molecule has 1 aliphatic rings. The normalized spacial score (nSPS) is 35.5. The van der Waals surface area contributed by atoms with E-state index in [0.717, 1.165) is 0 Å². The SMILES string of the molecule is CC1[C@@H](CO)NC(=O)C1(F)F. The van der Waals surface area contributed by atoms with E-state index < -0.39 is 30.4 Å². The van der Waals surface area contributed by atoms with Gasteiger partial charge in [0.2, 0.25) is 0 Å². The molecule has 2 atom stereocenters. The molecule has 1 fully saturated rings. The van der Waals surface area contributed by atoms with Crippen LogP contribution in [0.25, 0.3) is 0 Å². The van der Waals surface area contributed by atoms with Crippen LogP contribution in [0.15, 0.2) is 0 Å². The van der Waals surface area contributed by atoms with Gasteiger partial charge in [0.15, 0.2) is 0 Å². The molecular weight excluding hydrogens is 156 g/mol. The summed E-state index contributed by atoms with van der Waals surface area (Å²) in [5, 5.41) is 10.5. The summed E-state index contributed by atoms with van der Waals surface area (Å²) in [7, 11) is 0. The van der Waals surface area contributed by atoms with Gasteiger partial charge < -0.3 is 10.4 Å². The topological polar surface area (TPSA) is 49.3 Å². The van der Waals surface area contributed by atoms with E-state index in [1.165, 1.54) is 6.92 Å². The van der Waals surface area contributed by atoms with E-state index in [9.17, 15) is 13.6 Å². The molecule has 1 rings (SSSR count). The number of aliphatic hydroxyl groups is 1. The molecule has 1 unspecified atom stereocenters. The van der Waals surface area contributed by atoms with Crippen LogP contribution in [0.4, 0.5) is 8.78 Å². The van der Waals surface area contributed by atoms with Crippen LogP contribution in [0.2, 0.25) is 0 Å². The van der Waals surface area contributed by atoms with Crippen LogP contribution < -0.4 is 5.32 Å². The molecule has 5 heteroatoms. The van der Waals surface area contributed by atoms with Crippen molar-refractivity contribution in [3.05, 3.63) is 0 Å². The summed E-state index contributed by atoms with van der Waals surface area (Å²) in [5.74, 6) is -5.74. The number of hydrogen-bond donors (Lipinski definition) is 2. The molecule has 2 N–H and O–H groups in total. The summed E-state index contributed by atoms with van der Waals surface area (Å²) in [5.41, 5.74) is 0. The quantitative estimate of drug-likeness (QED) is 0.562. The number of hydrogen-bond acceptors (Lipinski definition) is 2. The fourth-order valence-electron chi connectivity index (χ4n) is 1.05. The maximum absolute atomic E-state index is 12.6. The zero-order valence-corrected chi connectivity index (χ0v) is 5.97. The highest BCUT2D eigenvalue weighted by molar-refractivity contribution is 5.86. The van der Waals surface area contributed by atoms with E-state index >= 15 is 0 Å². The number of carbonyl (C=O) groups is 1. The van der Waals surface area contributed by atoms with Crippen molar-refractivity contribution in [2.75, 3.05) is 6.61 Å². The highest BCUT2D eigenvalue weighted by Gasteiger charge is 2.54. The smallest absolute Gasteiger partial charge is 0.329 e. The zero-order chi connectivity index (χ0) is 8.65. The monoisotopic (exact) mass is 165 g/mol. The number of rotatable bonds is 1. The van der Waals surface area contributed by atoms with Crippen molar-refractivity contribution >= 4 is 5.91 Å². The van der Waals surface area contributed by atoms with Gasteiger partial charge in [0.25, 0.3) is 5.91 Å². The number of halogens is 2. The fourth-order valence-corrected chi connectivity index (χ4v) is 1.05. The molecule has 0 radical (unpaired) electrons. The van der Waals surface area contributed by atoms with E-state index in [1.54, 1.807) is 0 Å². The van der Waals surface area contributed by atoms with E-state index in [4.69, 9.17) is 5.11 Å². The molecule has 0 aromatic carbocycles. The van der Waals surface area contributed by atoms with Gasteiger partial charge in [-0.2, -0.15) is 8.78 Å². The predicted octanol–water partition coefficient (Wildman–Crippen LogP) is -0.252. The van der Waals surface area contributed by atoms with Crippen LogP contribution in [0, 0.1) is 5.92 Å². The van der Waals surface area contributed by atoms with E-state index in [0.29, 0.717) is 0 Å². The molecule has 0 bridgehead atoms. The molecule has 64 valence electrons. The van der Waals surface area contributed by atoms with Gasteiger partial charge in [-0.05, 0) is 0 Å². The Hall–Kier alpha value is -0.710. The second kappa shape index (κ2) is 2.41. The molecule has 1 amide bonds. The third-order valence-corrected chi connectivity index (χ3v) is 1.99. The van der Waals surface area contributed by atoms with Crippen LogP contribution in [0.5, 0.6) is 0 Å². The summed E-state index contributed by atoms with van der Waals surface area (Å²) in [6.07, 6.45) is 0. The maximum Gasteiger partial charge on any atom is 0.329 e. The Balaban J connectivity index is 2.80. The second-order valence-corrected chi connectivity index (χ2v) is 2.67. The number of amides is 1. The first-order valence-electron chi connectivity index (χ1n) is 3.29. The first kappa shape index (κ1) is 8.39. The summed E-state index contributed by atoms with van der Waals surface area (Å²) in [4.78, 5) is 10.5. The first-order chi connectivity index (χ1) is 5.00. The molecule has 1 heterocycles. The van der Waals surface area contributed by atoms with Crippen LogP contribution in [0.3, 0.4) is 0 Å². The van der Waals surface area contributed by atoms with Gasteiger partial charge in [-0.3, -0.25) is 4.79 Å². The molecule has 0 saturated carbocycles. The lowest BCUT2D eigenvalue weighted by molar-refractivity contribution is -0.143. The summed E-state index contributed by atoms with van der Waals surface area (Å²) < 4.78 is 25.3. The van der Waals surface area contributed by atoms with E-state index in [-0.39, 0.29) is 0 Å².